The number of nitrogens with zero attached hydrogens (tertiary/aromatic N) is 2. The zero-order chi connectivity index (χ0) is 22.9. The van der Waals surface area contributed by atoms with E-state index in [9.17, 15) is 31.5 Å². The molecule has 2 aromatic heterocycles. The first-order chi connectivity index (χ1) is 14.6. The lowest BCUT2D eigenvalue weighted by molar-refractivity contribution is 0.0992. The Kier molecular flexibility index (Phi) is 5.95. The first kappa shape index (κ1) is 21.8. The topological polar surface area (TPSA) is 112 Å². The number of ether oxygens (including phenoxy) is 1. The summed E-state index contributed by atoms with van der Waals surface area (Å²) in [6, 6.07) is 2.35. The number of furan rings is 1. The highest BCUT2D eigenvalue weighted by molar-refractivity contribution is 6.06. The van der Waals surface area contributed by atoms with Crippen LogP contribution in [0, 0.1) is 29.1 Å². The standard InChI is InChI=1S/C18H13F5N4O4/c1-2-27-5-8(15(26-27)17(24)28)25-18(29)9-4-3-7(31-9)6-30-16-13(22)11(20)10(19)12(21)14(16)23/h3-5H,2,6H2,1H3,(H2,24,28)(H,25,29). The molecule has 3 rings (SSSR count). The molecule has 0 radical (unpaired) electrons. The molecule has 164 valence electrons. The molecular weight excluding hydrogens is 431 g/mol. The number of hydrogen-bond acceptors (Lipinski definition) is 5. The fourth-order valence-corrected chi connectivity index (χ4v) is 2.47. The number of carbonyl (C=O) groups is 2. The van der Waals surface area contributed by atoms with E-state index >= 15 is 0 Å². The number of halogens is 5. The first-order valence-electron chi connectivity index (χ1n) is 8.55. The van der Waals surface area contributed by atoms with Crippen molar-refractivity contribution >= 4 is 17.5 Å². The molecule has 0 aliphatic heterocycles. The molecule has 31 heavy (non-hydrogen) atoms. The van der Waals surface area contributed by atoms with E-state index < -0.39 is 53.3 Å². The second kappa shape index (κ2) is 8.45. The number of benzene rings is 1. The second-order valence-electron chi connectivity index (χ2n) is 6.02. The molecular formula is C18H13F5N4O4. The Morgan fingerprint density at radius 1 is 1.10 bits per heavy atom. The number of primary amides is 1. The number of nitrogens with one attached hydrogen (secondary N) is 1. The van der Waals surface area contributed by atoms with Gasteiger partial charge in [0.05, 0.1) is 5.69 Å². The van der Waals surface area contributed by atoms with Gasteiger partial charge in [-0.1, -0.05) is 0 Å². The van der Waals surface area contributed by atoms with E-state index in [1.165, 1.54) is 23.0 Å². The van der Waals surface area contributed by atoms with Crippen molar-refractivity contribution in [2.45, 2.75) is 20.1 Å². The van der Waals surface area contributed by atoms with Crippen molar-refractivity contribution in [3.05, 3.63) is 64.6 Å². The molecule has 2 heterocycles. The Labute approximate surface area is 170 Å². The van der Waals surface area contributed by atoms with Crippen LogP contribution in [-0.2, 0) is 13.2 Å². The monoisotopic (exact) mass is 444 g/mol. The summed E-state index contributed by atoms with van der Waals surface area (Å²) in [5, 5.41) is 6.27. The zero-order valence-electron chi connectivity index (χ0n) is 15.6. The van der Waals surface area contributed by atoms with Gasteiger partial charge in [-0.15, -0.1) is 0 Å². The smallest absolute Gasteiger partial charge is 0.291 e. The Balaban J connectivity index is 1.74. The van der Waals surface area contributed by atoms with Crippen LogP contribution < -0.4 is 15.8 Å². The van der Waals surface area contributed by atoms with Gasteiger partial charge in [0.1, 0.15) is 12.4 Å². The van der Waals surface area contributed by atoms with Gasteiger partial charge >= 0.3 is 0 Å². The fourth-order valence-electron chi connectivity index (χ4n) is 2.47. The molecule has 8 nitrogen and oxygen atoms in total. The summed E-state index contributed by atoms with van der Waals surface area (Å²) in [6.45, 7) is 1.40. The van der Waals surface area contributed by atoms with Crippen LogP contribution in [0.15, 0.2) is 22.7 Å². The molecule has 0 spiro atoms. The lowest BCUT2D eigenvalue weighted by atomic mass is 10.2. The second-order valence-corrected chi connectivity index (χ2v) is 6.02. The molecule has 0 saturated heterocycles. The Morgan fingerprint density at radius 2 is 1.71 bits per heavy atom. The Morgan fingerprint density at radius 3 is 2.29 bits per heavy atom. The molecule has 0 fully saturated rings. The number of rotatable bonds is 7. The summed E-state index contributed by atoms with van der Waals surface area (Å²) in [5.74, 6) is -14.6. The van der Waals surface area contributed by atoms with E-state index in [1.807, 2.05) is 0 Å². The highest BCUT2D eigenvalue weighted by Gasteiger charge is 2.27. The molecule has 3 N–H and O–H groups in total. The van der Waals surface area contributed by atoms with Crippen molar-refractivity contribution in [1.29, 1.82) is 0 Å². The number of carbonyl (C=O) groups excluding carboxylic acids is 2. The van der Waals surface area contributed by atoms with Crippen LogP contribution in [0.25, 0.3) is 0 Å². The molecule has 0 aliphatic carbocycles. The van der Waals surface area contributed by atoms with E-state index in [-0.39, 0.29) is 22.9 Å². The molecule has 0 saturated carbocycles. The van der Waals surface area contributed by atoms with Gasteiger partial charge in [0, 0.05) is 12.7 Å². The predicted octanol–water partition coefficient (Wildman–Crippen LogP) is 3.12. The molecule has 0 bridgehead atoms. The van der Waals surface area contributed by atoms with E-state index in [1.54, 1.807) is 6.92 Å². The molecule has 1 aromatic carbocycles. The van der Waals surface area contributed by atoms with Crippen LogP contribution in [0.1, 0.15) is 33.7 Å². The highest BCUT2D eigenvalue weighted by atomic mass is 19.2. The third kappa shape index (κ3) is 4.20. The molecule has 13 heteroatoms. The van der Waals surface area contributed by atoms with E-state index in [2.05, 4.69) is 15.2 Å². The minimum Gasteiger partial charge on any atom is -0.479 e. The minimum absolute atomic E-state index is 0.0231. The van der Waals surface area contributed by atoms with Crippen LogP contribution in [-0.4, -0.2) is 21.6 Å². The van der Waals surface area contributed by atoms with Crippen molar-refractivity contribution in [3.8, 4) is 5.75 Å². The maximum absolute atomic E-state index is 13.6. The molecule has 3 aromatic rings. The number of aromatic nitrogens is 2. The highest BCUT2D eigenvalue weighted by Crippen LogP contribution is 2.30. The SMILES string of the molecule is CCn1cc(NC(=O)c2ccc(COc3c(F)c(F)c(F)c(F)c3F)o2)c(C(N)=O)n1. The fraction of sp³-hybridized carbons (Fsp3) is 0.167. The molecule has 0 atom stereocenters. The summed E-state index contributed by atoms with van der Waals surface area (Å²) >= 11 is 0. The lowest BCUT2D eigenvalue weighted by Crippen LogP contribution is -2.17. The van der Waals surface area contributed by atoms with Crippen molar-refractivity contribution in [3.63, 3.8) is 0 Å². The maximum Gasteiger partial charge on any atom is 0.291 e. The van der Waals surface area contributed by atoms with E-state index in [0.717, 1.165) is 0 Å². The van der Waals surface area contributed by atoms with E-state index in [4.69, 9.17) is 10.2 Å². The predicted molar refractivity (Wildman–Crippen MR) is 93.6 cm³/mol. The summed E-state index contributed by atoms with van der Waals surface area (Å²) < 4.78 is 77.9. The number of anilines is 1. The van der Waals surface area contributed by atoms with Gasteiger partial charge in [0.2, 0.25) is 29.1 Å². The molecule has 0 unspecified atom stereocenters. The third-order valence-electron chi connectivity index (χ3n) is 3.98. The van der Waals surface area contributed by atoms with Gasteiger partial charge < -0.3 is 20.2 Å². The number of aryl methyl sites for hydroxylation is 1. The first-order valence-corrected chi connectivity index (χ1v) is 8.55. The summed E-state index contributed by atoms with van der Waals surface area (Å²) in [6.07, 6.45) is 1.37. The van der Waals surface area contributed by atoms with Crippen molar-refractivity contribution in [2.24, 2.45) is 5.73 Å². The van der Waals surface area contributed by atoms with Gasteiger partial charge in [-0.3, -0.25) is 14.3 Å². The van der Waals surface area contributed by atoms with E-state index in [0.29, 0.717) is 6.54 Å². The van der Waals surface area contributed by atoms with Gasteiger partial charge in [-0.2, -0.15) is 13.9 Å². The molecule has 0 aliphatic rings. The summed E-state index contributed by atoms with van der Waals surface area (Å²) in [7, 11) is 0. The lowest BCUT2D eigenvalue weighted by Gasteiger charge is -2.09. The van der Waals surface area contributed by atoms with Gasteiger partial charge in [-0.05, 0) is 19.1 Å². The Hall–Kier alpha value is -3.90. The number of amides is 2. The van der Waals surface area contributed by atoms with Gasteiger partial charge in [-0.25, -0.2) is 13.2 Å². The van der Waals surface area contributed by atoms with Crippen LogP contribution in [0.4, 0.5) is 27.6 Å². The van der Waals surface area contributed by atoms with Crippen LogP contribution in [0.2, 0.25) is 0 Å². The molecule has 2 amide bonds. The Bertz CT molecular complexity index is 1150. The summed E-state index contributed by atoms with van der Waals surface area (Å²) in [5.41, 5.74) is 5.05. The van der Waals surface area contributed by atoms with Crippen molar-refractivity contribution in [2.75, 3.05) is 5.32 Å². The normalized spacial score (nSPS) is 10.9. The van der Waals surface area contributed by atoms with Gasteiger partial charge in [0.15, 0.2) is 17.2 Å². The van der Waals surface area contributed by atoms with Crippen LogP contribution in [0.3, 0.4) is 0 Å². The summed E-state index contributed by atoms with van der Waals surface area (Å²) in [4.78, 5) is 23.7. The van der Waals surface area contributed by atoms with Crippen molar-refractivity contribution < 1.29 is 40.7 Å². The maximum atomic E-state index is 13.6. The zero-order valence-corrected chi connectivity index (χ0v) is 15.6. The number of hydrogen-bond donors (Lipinski definition) is 2. The third-order valence-corrected chi connectivity index (χ3v) is 3.98. The van der Waals surface area contributed by atoms with Crippen molar-refractivity contribution in [1.82, 2.24) is 9.78 Å². The van der Waals surface area contributed by atoms with Crippen LogP contribution >= 0.6 is 0 Å². The average molecular weight is 444 g/mol. The number of nitrogens with two attached hydrogens (primary N) is 1. The quantitative estimate of drug-likeness (QED) is 0.330. The van der Waals surface area contributed by atoms with Crippen LogP contribution in [0.5, 0.6) is 5.75 Å². The minimum atomic E-state index is -2.32. The largest absolute Gasteiger partial charge is 0.479 e. The average Bonchev–Trinajstić information content (AvgIpc) is 3.38. The van der Waals surface area contributed by atoms with Gasteiger partial charge in [0.25, 0.3) is 11.8 Å².